The summed E-state index contributed by atoms with van der Waals surface area (Å²) in [7, 11) is 0. The maximum Gasteiger partial charge on any atom is 0.240 e. The number of ether oxygens (including phenoxy) is 1. The highest BCUT2D eigenvalue weighted by atomic mass is 35.5. The zero-order valence-electron chi connectivity index (χ0n) is 9.95. The summed E-state index contributed by atoms with van der Waals surface area (Å²) in [6, 6.07) is 11.2. The molecule has 0 bridgehead atoms. The quantitative estimate of drug-likeness (QED) is 0.797. The molecule has 0 radical (unpaired) electrons. The number of nitrogens with two attached hydrogens (primary N) is 1. The van der Waals surface area contributed by atoms with E-state index < -0.39 is 0 Å². The molecule has 0 aliphatic heterocycles. The Morgan fingerprint density at radius 1 is 1.26 bits per heavy atom. The number of nitrogen functional groups attached to an aromatic ring is 1. The van der Waals surface area contributed by atoms with Crippen LogP contribution in [-0.4, -0.2) is 14.6 Å². The first-order valence-corrected chi connectivity index (χ1v) is 6.08. The van der Waals surface area contributed by atoms with Gasteiger partial charge in [-0.3, -0.25) is 0 Å². The first-order valence-electron chi connectivity index (χ1n) is 5.70. The number of benzene rings is 1. The highest BCUT2D eigenvalue weighted by molar-refractivity contribution is 6.30. The predicted octanol–water partition coefficient (Wildman–Crippen LogP) is 2.54. The van der Waals surface area contributed by atoms with Crippen LogP contribution in [-0.2, 0) is 6.61 Å². The molecule has 6 heteroatoms. The van der Waals surface area contributed by atoms with Gasteiger partial charge in [0.05, 0.1) is 0 Å². The molecule has 0 atom stereocenters. The molecule has 0 saturated carbocycles. The van der Waals surface area contributed by atoms with Crippen LogP contribution in [0.25, 0.3) is 5.65 Å². The predicted molar refractivity (Wildman–Crippen MR) is 73.2 cm³/mol. The average molecular weight is 275 g/mol. The number of hydrogen-bond acceptors (Lipinski definition) is 4. The van der Waals surface area contributed by atoms with Gasteiger partial charge in [-0.2, -0.15) is 4.98 Å². The third-order valence-electron chi connectivity index (χ3n) is 2.63. The standard InChI is InChI=1S/C13H11ClN4O/c14-10-4-1-3-9(7-10)8-19-11-5-2-6-18-12(11)16-13(15)17-18/h1-7H,8H2,(H2,15,17). The van der Waals surface area contributed by atoms with Gasteiger partial charge in [0.25, 0.3) is 0 Å². The summed E-state index contributed by atoms with van der Waals surface area (Å²) >= 11 is 5.93. The van der Waals surface area contributed by atoms with Crippen molar-refractivity contribution in [2.24, 2.45) is 0 Å². The smallest absolute Gasteiger partial charge is 0.240 e. The number of anilines is 1. The van der Waals surface area contributed by atoms with Gasteiger partial charge in [0.2, 0.25) is 5.95 Å². The van der Waals surface area contributed by atoms with Crippen molar-refractivity contribution in [2.75, 3.05) is 5.73 Å². The van der Waals surface area contributed by atoms with Gasteiger partial charge in [0, 0.05) is 11.2 Å². The van der Waals surface area contributed by atoms with Crippen molar-refractivity contribution in [3.63, 3.8) is 0 Å². The third-order valence-corrected chi connectivity index (χ3v) is 2.86. The molecule has 0 aliphatic carbocycles. The van der Waals surface area contributed by atoms with Crippen LogP contribution in [0.3, 0.4) is 0 Å². The van der Waals surface area contributed by atoms with E-state index in [0.717, 1.165) is 5.56 Å². The van der Waals surface area contributed by atoms with Crippen LogP contribution in [0, 0.1) is 0 Å². The van der Waals surface area contributed by atoms with Gasteiger partial charge in [-0.1, -0.05) is 23.7 Å². The summed E-state index contributed by atoms with van der Waals surface area (Å²) in [4.78, 5) is 4.12. The molecule has 0 saturated heterocycles. The summed E-state index contributed by atoms with van der Waals surface area (Å²) in [5.74, 6) is 0.852. The van der Waals surface area contributed by atoms with Gasteiger partial charge in [-0.15, -0.1) is 5.10 Å². The molecule has 2 heterocycles. The van der Waals surface area contributed by atoms with E-state index in [-0.39, 0.29) is 5.95 Å². The highest BCUT2D eigenvalue weighted by Gasteiger charge is 2.07. The van der Waals surface area contributed by atoms with Gasteiger partial charge in [-0.05, 0) is 29.8 Å². The summed E-state index contributed by atoms with van der Waals surface area (Å²) in [5.41, 5.74) is 7.16. The van der Waals surface area contributed by atoms with Crippen molar-refractivity contribution >= 4 is 23.2 Å². The molecule has 19 heavy (non-hydrogen) atoms. The number of fused-ring (bicyclic) bond motifs is 1. The lowest BCUT2D eigenvalue weighted by atomic mass is 10.2. The molecule has 2 N–H and O–H groups in total. The molecule has 96 valence electrons. The second-order valence-corrected chi connectivity index (χ2v) is 4.47. The van der Waals surface area contributed by atoms with E-state index in [1.54, 1.807) is 10.7 Å². The van der Waals surface area contributed by atoms with Crippen LogP contribution in [0.2, 0.25) is 5.02 Å². The van der Waals surface area contributed by atoms with Crippen molar-refractivity contribution in [1.29, 1.82) is 0 Å². The first-order chi connectivity index (χ1) is 9.22. The van der Waals surface area contributed by atoms with Crippen LogP contribution in [0.5, 0.6) is 5.75 Å². The molecule has 2 aromatic heterocycles. The van der Waals surface area contributed by atoms with E-state index in [0.29, 0.717) is 23.0 Å². The molecule has 0 aliphatic rings. The van der Waals surface area contributed by atoms with Gasteiger partial charge in [-0.25, -0.2) is 4.52 Å². The van der Waals surface area contributed by atoms with Gasteiger partial charge < -0.3 is 10.5 Å². The lowest BCUT2D eigenvalue weighted by Gasteiger charge is -2.06. The molecule has 3 rings (SSSR count). The number of hydrogen-bond donors (Lipinski definition) is 1. The minimum atomic E-state index is 0.221. The Labute approximate surface area is 114 Å². The number of halogens is 1. The molecule has 1 aromatic carbocycles. The van der Waals surface area contributed by atoms with Gasteiger partial charge in [0.15, 0.2) is 11.4 Å². The maximum atomic E-state index is 5.93. The normalized spacial score (nSPS) is 10.8. The third kappa shape index (κ3) is 2.46. The minimum Gasteiger partial charge on any atom is -0.485 e. The van der Waals surface area contributed by atoms with E-state index in [1.165, 1.54) is 0 Å². The molecule has 5 nitrogen and oxygen atoms in total. The van der Waals surface area contributed by atoms with Crippen molar-refractivity contribution in [2.45, 2.75) is 6.61 Å². The Hall–Kier alpha value is -2.27. The largest absolute Gasteiger partial charge is 0.485 e. The Bertz CT molecular complexity index is 725. The Balaban J connectivity index is 1.85. The topological polar surface area (TPSA) is 65.4 Å². The zero-order valence-corrected chi connectivity index (χ0v) is 10.7. The molecule has 0 unspecified atom stereocenters. The van der Waals surface area contributed by atoms with E-state index in [2.05, 4.69) is 10.1 Å². The van der Waals surface area contributed by atoms with E-state index in [9.17, 15) is 0 Å². The Morgan fingerprint density at radius 3 is 3.00 bits per heavy atom. The molecule has 0 spiro atoms. The summed E-state index contributed by atoms with van der Waals surface area (Å²) in [6.07, 6.45) is 1.77. The zero-order chi connectivity index (χ0) is 13.2. The number of pyridine rings is 1. The van der Waals surface area contributed by atoms with Crippen molar-refractivity contribution in [3.05, 3.63) is 53.2 Å². The number of aromatic nitrogens is 3. The van der Waals surface area contributed by atoms with Crippen molar-refractivity contribution in [1.82, 2.24) is 14.6 Å². The van der Waals surface area contributed by atoms with Crippen molar-refractivity contribution < 1.29 is 4.74 Å². The van der Waals surface area contributed by atoms with E-state index >= 15 is 0 Å². The average Bonchev–Trinajstić information content (AvgIpc) is 2.77. The molecular formula is C13H11ClN4O. The lowest BCUT2D eigenvalue weighted by Crippen LogP contribution is -1.98. The second-order valence-electron chi connectivity index (χ2n) is 4.03. The van der Waals surface area contributed by atoms with Gasteiger partial charge in [0.1, 0.15) is 6.61 Å². The monoisotopic (exact) mass is 274 g/mol. The van der Waals surface area contributed by atoms with Crippen LogP contribution in [0.4, 0.5) is 5.95 Å². The van der Waals surface area contributed by atoms with Crippen molar-refractivity contribution in [3.8, 4) is 5.75 Å². The fourth-order valence-corrected chi connectivity index (χ4v) is 2.01. The van der Waals surface area contributed by atoms with Crippen LogP contribution >= 0.6 is 11.6 Å². The fourth-order valence-electron chi connectivity index (χ4n) is 1.80. The summed E-state index contributed by atoms with van der Waals surface area (Å²) < 4.78 is 7.32. The number of nitrogens with zero attached hydrogens (tertiary/aromatic N) is 3. The molecule has 3 aromatic rings. The summed E-state index contributed by atoms with van der Waals surface area (Å²) in [5, 5.41) is 4.71. The Kier molecular flexibility index (Phi) is 2.97. The maximum absolute atomic E-state index is 5.93. The van der Waals surface area contributed by atoms with Crippen LogP contribution in [0.15, 0.2) is 42.6 Å². The fraction of sp³-hybridized carbons (Fsp3) is 0.0769. The Morgan fingerprint density at radius 2 is 2.16 bits per heavy atom. The minimum absolute atomic E-state index is 0.221. The molecule has 0 fully saturated rings. The number of rotatable bonds is 3. The first kappa shape index (κ1) is 11.8. The SMILES string of the molecule is Nc1nc2c(OCc3cccc(Cl)c3)cccn2n1. The summed E-state index contributed by atoms with van der Waals surface area (Å²) in [6.45, 7) is 0.410. The van der Waals surface area contributed by atoms with Crippen LogP contribution < -0.4 is 10.5 Å². The highest BCUT2D eigenvalue weighted by Crippen LogP contribution is 2.20. The molecular weight excluding hydrogens is 264 g/mol. The molecule has 0 amide bonds. The van der Waals surface area contributed by atoms with E-state index in [4.69, 9.17) is 22.1 Å². The van der Waals surface area contributed by atoms with Gasteiger partial charge >= 0.3 is 0 Å². The second kappa shape index (κ2) is 4.78. The van der Waals surface area contributed by atoms with E-state index in [1.807, 2.05) is 36.4 Å². The van der Waals surface area contributed by atoms with Crippen LogP contribution in [0.1, 0.15) is 5.56 Å². The lowest BCUT2D eigenvalue weighted by molar-refractivity contribution is 0.308.